The Balaban J connectivity index is 2.28. The highest BCUT2D eigenvalue weighted by Crippen LogP contribution is 2.31. The van der Waals surface area contributed by atoms with E-state index < -0.39 is 48.5 Å². The molecule has 5 atom stereocenters. The van der Waals surface area contributed by atoms with Crippen LogP contribution in [0.4, 0.5) is 5.69 Å². The van der Waals surface area contributed by atoms with Crippen LogP contribution in [0, 0.1) is 5.41 Å². The van der Waals surface area contributed by atoms with Gasteiger partial charge in [0.05, 0.1) is 12.2 Å². The Hall–Kier alpha value is -2.73. The molecule has 1 aliphatic rings. The fourth-order valence-corrected chi connectivity index (χ4v) is 2.74. The van der Waals surface area contributed by atoms with Gasteiger partial charge in [0.25, 0.3) is 6.45 Å². The zero-order valence-electron chi connectivity index (χ0n) is 18.3. The van der Waals surface area contributed by atoms with E-state index in [1.807, 2.05) is 0 Å². The van der Waals surface area contributed by atoms with Crippen molar-refractivity contribution in [3.63, 3.8) is 0 Å². The fraction of sp³-hybridized carbons (Fsp3) is 0.550. The summed E-state index contributed by atoms with van der Waals surface area (Å²) in [5.41, 5.74) is 0.0429. The highest BCUT2D eigenvalue weighted by atomic mass is 16.7. The third kappa shape index (κ3) is 6.14. The van der Waals surface area contributed by atoms with Crippen LogP contribution >= 0.6 is 0 Å². The molecule has 0 spiro atoms. The van der Waals surface area contributed by atoms with E-state index in [1.54, 1.807) is 20.8 Å². The maximum atomic E-state index is 12.3. The van der Waals surface area contributed by atoms with Gasteiger partial charge in [-0.3, -0.25) is 9.59 Å². The third-order valence-electron chi connectivity index (χ3n) is 4.67. The Bertz CT molecular complexity index is 855. The predicted molar refractivity (Wildman–Crippen MR) is 105 cm³/mol. The van der Waals surface area contributed by atoms with Gasteiger partial charge in [-0.2, -0.15) is 0 Å². The number of ether oxygens (including phenoxy) is 3. The molecule has 11 heteroatoms. The molecular weight excluding hydrogens is 414 g/mol. The minimum absolute atomic E-state index is 0.0319. The average Bonchev–Trinajstić information content (AvgIpc) is 2.70. The number of Topliss-reactive ketones (excluding diaryl/α,β-unsaturated/α-hetero) is 1. The summed E-state index contributed by atoms with van der Waals surface area (Å²) in [6.45, 7) is 4.89. The Morgan fingerprint density at radius 3 is 2.48 bits per heavy atom. The second-order valence-electron chi connectivity index (χ2n) is 8.08. The van der Waals surface area contributed by atoms with E-state index in [-0.39, 0.29) is 30.4 Å². The summed E-state index contributed by atoms with van der Waals surface area (Å²) in [5.74, 6) is -1.66. The quantitative estimate of drug-likeness (QED) is 0.333. The summed E-state index contributed by atoms with van der Waals surface area (Å²) in [4.78, 5) is 34.3. The zero-order chi connectivity index (χ0) is 24.2. The largest absolute Gasteiger partial charge is 0.479 e. The second kappa shape index (κ2) is 10.1. The molecule has 0 amide bonds. The summed E-state index contributed by atoms with van der Waals surface area (Å²) in [6.07, 6.45) is -10.2. The molecule has 0 radical (unpaired) electrons. The molecule has 5 N–H and O–H groups in total. The molecule has 2 rings (SSSR count). The first-order valence-corrected chi connectivity index (χ1v) is 9.44. The maximum absolute atomic E-state index is 12.3. The van der Waals surface area contributed by atoms with Crippen molar-refractivity contribution < 1.29 is 50.4 Å². The van der Waals surface area contributed by atoms with E-state index in [0.717, 1.165) is 0 Å². The molecule has 0 saturated carbocycles. The molecule has 1 aliphatic heterocycles. The van der Waals surface area contributed by atoms with Crippen molar-refractivity contribution >= 4 is 23.9 Å². The Labute approximate surface area is 179 Å². The van der Waals surface area contributed by atoms with E-state index in [4.69, 9.17) is 10.8 Å². The van der Waals surface area contributed by atoms with Crippen molar-refractivity contribution in [3.05, 3.63) is 23.8 Å². The number of carbonyl (C=O) groups excluding carboxylic acids is 2. The molecule has 0 aliphatic carbocycles. The topological polar surface area (TPSA) is 172 Å². The Morgan fingerprint density at radius 2 is 1.90 bits per heavy atom. The van der Waals surface area contributed by atoms with E-state index in [2.05, 4.69) is 10.1 Å². The van der Waals surface area contributed by atoms with Gasteiger partial charge in [0.2, 0.25) is 6.29 Å². The van der Waals surface area contributed by atoms with Crippen molar-refractivity contribution in [2.75, 3.05) is 11.9 Å². The Kier molecular flexibility index (Phi) is 7.44. The predicted octanol–water partition coefficient (Wildman–Crippen LogP) is -0.342. The number of carboxylic acids is 1. The summed E-state index contributed by atoms with van der Waals surface area (Å²) in [5, 5.41) is 42.0. The van der Waals surface area contributed by atoms with E-state index >= 15 is 0 Å². The molecule has 1 saturated heterocycles. The third-order valence-corrected chi connectivity index (χ3v) is 4.67. The molecule has 31 heavy (non-hydrogen) atoms. The van der Waals surface area contributed by atoms with Gasteiger partial charge < -0.3 is 40.0 Å². The van der Waals surface area contributed by atoms with Crippen molar-refractivity contribution in [2.24, 2.45) is 5.41 Å². The first-order chi connectivity index (χ1) is 14.8. The average molecular weight is 442 g/mol. The summed E-state index contributed by atoms with van der Waals surface area (Å²) < 4.78 is 22.2. The van der Waals surface area contributed by atoms with Crippen LogP contribution in [0.5, 0.6) is 5.75 Å². The molecule has 1 heterocycles. The highest BCUT2D eigenvalue weighted by molar-refractivity contribution is 5.87. The minimum Gasteiger partial charge on any atom is -0.479 e. The standard InChI is InChI=1S/C20H27NO10/c1-20(2,3)13(23)7-21-11-6-10(8-29-9-22)4-5-12(11)30-19-16(26)14(24)15(25)17(31-19)18(27)28/h4-6,9,14-17,19,21,24-26H,7-8H2,1-3H3,(H,27,28)/t14-,15-,16+,17-,19+/m0/s1/i9D. The first kappa shape index (κ1) is 22.9. The lowest BCUT2D eigenvalue weighted by atomic mass is 9.91. The number of hydrogen-bond donors (Lipinski definition) is 5. The lowest BCUT2D eigenvalue weighted by Gasteiger charge is -2.38. The lowest BCUT2D eigenvalue weighted by Crippen LogP contribution is -2.61. The number of aliphatic hydroxyl groups excluding tert-OH is 3. The first-order valence-electron chi connectivity index (χ1n) is 9.94. The molecule has 11 nitrogen and oxygen atoms in total. The van der Waals surface area contributed by atoms with Gasteiger partial charge in [0.1, 0.15) is 30.7 Å². The second-order valence-corrected chi connectivity index (χ2v) is 8.08. The smallest absolute Gasteiger partial charge is 0.335 e. The number of anilines is 1. The van der Waals surface area contributed by atoms with Gasteiger partial charge in [-0.05, 0) is 17.7 Å². The number of aliphatic carboxylic acids is 1. The van der Waals surface area contributed by atoms with Crippen molar-refractivity contribution in [3.8, 4) is 5.75 Å². The molecule has 1 aromatic rings. The SMILES string of the molecule is [2H]C(=O)OCc1ccc(O[C@@H]2O[C@H](C(=O)O)[C@@H](O)[C@H](O)[C@H]2O)c(NCC(=O)C(C)(C)C)c1. The molecule has 172 valence electrons. The number of benzene rings is 1. The monoisotopic (exact) mass is 442 g/mol. The summed E-state index contributed by atoms with van der Waals surface area (Å²) in [7, 11) is 0. The molecular formula is C20H27NO10. The van der Waals surface area contributed by atoms with Crippen LogP contribution in [0.1, 0.15) is 27.7 Å². The molecule has 1 aromatic carbocycles. The van der Waals surface area contributed by atoms with Crippen LogP contribution in [-0.4, -0.2) is 75.9 Å². The molecule has 1 fully saturated rings. The van der Waals surface area contributed by atoms with Gasteiger partial charge in [-0.15, -0.1) is 0 Å². The van der Waals surface area contributed by atoms with Gasteiger partial charge in [-0.25, -0.2) is 4.79 Å². The number of aliphatic hydroxyl groups is 3. The van der Waals surface area contributed by atoms with Gasteiger partial charge in [0.15, 0.2) is 13.3 Å². The number of carboxylic acid groups (broad SMARTS) is 1. The number of carbonyl (C=O) groups is 3. The summed E-state index contributed by atoms with van der Waals surface area (Å²) in [6, 6.07) is 4.34. The van der Waals surface area contributed by atoms with Crippen LogP contribution in [0.25, 0.3) is 0 Å². The van der Waals surface area contributed by atoms with Crippen LogP contribution in [0.3, 0.4) is 0 Å². The van der Waals surface area contributed by atoms with Gasteiger partial charge in [0, 0.05) is 5.41 Å². The van der Waals surface area contributed by atoms with Gasteiger partial charge >= 0.3 is 5.97 Å². The molecule has 0 unspecified atom stereocenters. The van der Waals surface area contributed by atoms with E-state index in [9.17, 15) is 34.8 Å². The Morgan fingerprint density at radius 1 is 1.23 bits per heavy atom. The van der Waals surface area contributed by atoms with Crippen molar-refractivity contribution in [2.45, 2.75) is 58.1 Å². The molecule has 0 bridgehead atoms. The highest BCUT2D eigenvalue weighted by Gasteiger charge is 2.48. The number of rotatable bonds is 8. The molecule has 0 aromatic heterocycles. The van der Waals surface area contributed by atoms with Crippen molar-refractivity contribution in [1.29, 1.82) is 0 Å². The van der Waals surface area contributed by atoms with E-state index in [0.29, 0.717) is 5.56 Å². The van der Waals surface area contributed by atoms with Crippen LogP contribution in [0.2, 0.25) is 0 Å². The normalized spacial score (nSPS) is 26.5. The minimum atomic E-state index is -1.87. The summed E-state index contributed by atoms with van der Waals surface area (Å²) >= 11 is 0. The zero-order valence-corrected chi connectivity index (χ0v) is 17.3. The van der Waals surface area contributed by atoms with Crippen LogP contribution in [0.15, 0.2) is 18.2 Å². The van der Waals surface area contributed by atoms with Crippen molar-refractivity contribution in [1.82, 2.24) is 0 Å². The van der Waals surface area contributed by atoms with E-state index in [1.165, 1.54) is 18.2 Å². The van der Waals surface area contributed by atoms with Crippen LogP contribution < -0.4 is 10.1 Å². The number of hydrogen-bond acceptors (Lipinski definition) is 10. The van der Waals surface area contributed by atoms with Crippen LogP contribution in [-0.2, 0) is 30.5 Å². The maximum Gasteiger partial charge on any atom is 0.335 e. The number of ketones is 1. The lowest BCUT2D eigenvalue weighted by molar-refractivity contribution is -0.271. The number of nitrogens with one attached hydrogen (secondary N) is 1. The van der Waals surface area contributed by atoms with Gasteiger partial charge in [-0.1, -0.05) is 26.8 Å². The fourth-order valence-electron chi connectivity index (χ4n) is 2.74.